The summed E-state index contributed by atoms with van der Waals surface area (Å²) in [5, 5.41) is 9.02. The Labute approximate surface area is 159 Å². The topological polar surface area (TPSA) is 77.4 Å². The lowest BCUT2D eigenvalue weighted by molar-refractivity contribution is -0.142. The summed E-state index contributed by atoms with van der Waals surface area (Å²) in [5.41, 5.74) is 0.583. The van der Waals surface area contributed by atoms with E-state index in [0.29, 0.717) is 25.3 Å². The minimum Gasteiger partial charge on any atom is -0.497 e. The number of aromatic nitrogens is 2. The third-order valence-electron chi connectivity index (χ3n) is 4.39. The summed E-state index contributed by atoms with van der Waals surface area (Å²) < 4.78 is 50.9. The number of amides is 2. The fourth-order valence-electron chi connectivity index (χ4n) is 2.98. The molecule has 2 amide bonds. The van der Waals surface area contributed by atoms with E-state index < -0.39 is 17.9 Å². The molecule has 1 aliphatic heterocycles. The normalized spacial score (nSPS) is 13.7. The number of nitrogens with one attached hydrogen (secondary N) is 2. The summed E-state index contributed by atoms with van der Waals surface area (Å²) in [4.78, 5) is 11.9. The van der Waals surface area contributed by atoms with Crippen LogP contribution in [0.3, 0.4) is 0 Å². The summed E-state index contributed by atoms with van der Waals surface area (Å²) in [6.07, 6.45) is -4.17. The number of hydrogen-bond donors (Lipinski definition) is 2. The van der Waals surface area contributed by atoms with Gasteiger partial charge in [0.25, 0.3) is 0 Å². The SMILES string of the molecule is COc1ccc(CNC(=O)NCCn2nc(C(F)(F)F)c3c2CCOC3)cc1. The van der Waals surface area contributed by atoms with Gasteiger partial charge in [-0.3, -0.25) is 4.68 Å². The predicted molar refractivity (Wildman–Crippen MR) is 93.8 cm³/mol. The highest BCUT2D eigenvalue weighted by molar-refractivity contribution is 5.73. The number of carbonyl (C=O) groups is 1. The molecule has 2 aromatic rings. The molecule has 0 saturated carbocycles. The van der Waals surface area contributed by atoms with Crippen molar-refractivity contribution < 1.29 is 27.4 Å². The highest BCUT2D eigenvalue weighted by Gasteiger charge is 2.39. The van der Waals surface area contributed by atoms with Crippen LogP contribution in [0, 0.1) is 0 Å². The zero-order valence-electron chi connectivity index (χ0n) is 15.3. The molecule has 10 heteroatoms. The molecule has 7 nitrogen and oxygen atoms in total. The maximum atomic E-state index is 13.1. The van der Waals surface area contributed by atoms with Gasteiger partial charge in [-0.1, -0.05) is 12.1 Å². The summed E-state index contributed by atoms with van der Waals surface area (Å²) in [6.45, 7) is 0.878. The molecule has 28 heavy (non-hydrogen) atoms. The maximum Gasteiger partial charge on any atom is 0.435 e. The zero-order valence-corrected chi connectivity index (χ0v) is 15.3. The molecule has 1 aliphatic rings. The molecule has 152 valence electrons. The first-order valence-corrected chi connectivity index (χ1v) is 8.76. The van der Waals surface area contributed by atoms with Crippen molar-refractivity contribution in [2.45, 2.75) is 32.3 Å². The third kappa shape index (κ3) is 4.75. The average molecular weight is 398 g/mol. The van der Waals surface area contributed by atoms with Gasteiger partial charge in [-0.05, 0) is 17.7 Å². The van der Waals surface area contributed by atoms with Crippen LogP contribution in [0.25, 0.3) is 0 Å². The van der Waals surface area contributed by atoms with Crippen LogP contribution in [0.15, 0.2) is 24.3 Å². The highest BCUT2D eigenvalue weighted by atomic mass is 19.4. The molecular weight excluding hydrogens is 377 g/mol. The second kappa shape index (κ2) is 8.51. The van der Waals surface area contributed by atoms with E-state index in [1.165, 1.54) is 4.68 Å². The Kier molecular flexibility index (Phi) is 6.08. The van der Waals surface area contributed by atoms with E-state index >= 15 is 0 Å². The smallest absolute Gasteiger partial charge is 0.435 e. The maximum absolute atomic E-state index is 13.1. The highest BCUT2D eigenvalue weighted by Crippen LogP contribution is 2.34. The largest absolute Gasteiger partial charge is 0.497 e. The lowest BCUT2D eigenvalue weighted by Gasteiger charge is -2.15. The van der Waals surface area contributed by atoms with Gasteiger partial charge < -0.3 is 20.1 Å². The molecular formula is C18H21F3N4O3. The Hall–Kier alpha value is -2.75. The van der Waals surface area contributed by atoms with Crippen molar-refractivity contribution in [3.05, 3.63) is 46.8 Å². The number of carbonyl (C=O) groups excluding carboxylic acids is 1. The van der Waals surface area contributed by atoms with Crippen molar-refractivity contribution in [3.63, 3.8) is 0 Å². The number of rotatable bonds is 6. The molecule has 0 unspecified atom stereocenters. The second-order valence-corrected chi connectivity index (χ2v) is 6.25. The van der Waals surface area contributed by atoms with Gasteiger partial charge in [-0.15, -0.1) is 0 Å². The first kappa shape index (κ1) is 20.0. The zero-order chi connectivity index (χ0) is 20.1. The van der Waals surface area contributed by atoms with Crippen molar-refractivity contribution in [1.82, 2.24) is 20.4 Å². The minimum absolute atomic E-state index is 0.0858. The van der Waals surface area contributed by atoms with Crippen molar-refractivity contribution in [3.8, 4) is 5.75 Å². The third-order valence-corrected chi connectivity index (χ3v) is 4.39. The van der Waals surface area contributed by atoms with Crippen LogP contribution in [-0.2, 0) is 37.0 Å². The van der Waals surface area contributed by atoms with Crippen molar-refractivity contribution in [2.24, 2.45) is 0 Å². The molecule has 0 aliphatic carbocycles. The van der Waals surface area contributed by atoms with Gasteiger partial charge in [0.15, 0.2) is 5.69 Å². The lowest BCUT2D eigenvalue weighted by Crippen LogP contribution is -2.37. The molecule has 0 saturated heterocycles. The summed E-state index contributed by atoms with van der Waals surface area (Å²) in [5.74, 6) is 0.722. The van der Waals surface area contributed by atoms with Crippen molar-refractivity contribution in [2.75, 3.05) is 20.3 Å². The summed E-state index contributed by atoms with van der Waals surface area (Å²) in [6, 6.07) is 6.83. The molecule has 0 atom stereocenters. The number of urea groups is 1. The van der Waals surface area contributed by atoms with Gasteiger partial charge in [-0.2, -0.15) is 18.3 Å². The molecule has 1 aromatic carbocycles. The number of benzene rings is 1. The average Bonchev–Trinajstić information content (AvgIpc) is 3.06. The molecule has 0 fully saturated rings. The van der Waals surface area contributed by atoms with Crippen molar-refractivity contribution in [1.29, 1.82) is 0 Å². The lowest BCUT2D eigenvalue weighted by atomic mass is 10.1. The van der Waals surface area contributed by atoms with E-state index in [-0.39, 0.29) is 25.3 Å². The number of alkyl halides is 3. The van der Waals surface area contributed by atoms with E-state index in [2.05, 4.69) is 15.7 Å². The van der Waals surface area contributed by atoms with Crippen LogP contribution in [0.4, 0.5) is 18.0 Å². The fraction of sp³-hybridized carbons (Fsp3) is 0.444. The molecule has 0 bridgehead atoms. The van der Waals surface area contributed by atoms with E-state index in [4.69, 9.17) is 9.47 Å². The molecule has 2 heterocycles. The van der Waals surface area contributed by atoms with Gasteiger partial charge in [0.05, 0.1) is 26.9 Å². The number of hydrogen-bond acceptors (Lipinski definition) is 4. The first-order valence-electron chi connectivity index (χ1n) is 8.76. The monoisotopic (exact) mass is 398 g/mol. The Balaban J connectivity index is 1.51. The number of nitrogens with zero attached hydrogens (tertiary/aromatic N) is 2. The van der Waals surface area contributed by atoms with E-state index in [0.717, 1.165) is 11.3 Å². The van der Waals surface area contributed by atoms with Gasteiger partial charge in [-0.25, -0.2) is 4.79 Å². The Morgan fingerprint density at radius 1 is 1.29 bits per heavy atom. The van der Waals surface area contributed by atoms with Gasteiger partial charge in [0.2, 0.25) is 0 Å². The molecule has 3 rings (SSSR count). The number of fused-ring (bicyclic) bond motifs is 1. The molecule has 0 spiro atoms. The Morgan fingerprint density at radius 2 is 2.04 bits per heavy atom. The molecule has 0 radical (unpaired) electrons. The van der Waals surface area contributed by atoms with Crippen LogP contribution in [-0.4, -0.2) is 36.1 Å². The first-order chi connectivity index (χ1) is 13.4. The number of halogens is 3. The Morgan fingerprint density at radius 3 is 2.71 bits per heavy atom. The fourth-order valence-corrected chi connectivity index (χ4v) is 2.98. The van der Waals surface area contributed by atoms with Crippen LogP contribution >= 0.6 is 0 Å². The van der Waals surface area contributed by atoms with E-state index in [9.17, 15) is 18.0 Å². The standard InChI is InChI=1S/C18H21F3N4O3/c1-27-13-4-2-12(3-5-13)10-23-17(26)22-7-8-25-15-6-9-28-11-14(15)16(24-25)18(19,20)21/h2-5H,6-11H2,1H3,(H2,22,23,26). The summed E-state index contributed by atoms with van der Waals surface area (Å²) >= 11 is 0. The van der Waals surface area contributed by atoms with Crippen LogP contribution in [0.1, 0.15) is 22.5 Å². The minimum atomic E-state index is -4.53. The van der Waals surface area contributed by atoms with Crippen LogP contribution < -0.4 is 15.4 Å². The van der Waals surface area contributed by atoms with Crippen LogP contribution in [0.2, 0.25) is 0 Å². The predicted octanol–water partition coefficient (Wildman–Crippen LogP) is 2.48. The van der Waals surface area contributed by atoms with Gasteiger partial charge in [0.1, 0.15) is 5.75 Å². The molecule has 1 aromatic heterocycles. The Bertz CT molecular complexity index is 819. The number of ether oxygens (including phenoxy) is 2. The van der Waals surface area contributed by atoms with E-state index in [1.807, 2.05) is 12.1 Å². The van der Waals surface area contributed by atoms with Gasteiger partial charge in [0, 0.05) is 30.8 Å². The number of methoxy groups -OCH3 is 1. The quantitative estimate of drug-likeness (QED) is 0.784. The van der Waals surface area contributed by atoms with Crippen LogP contribution in [0.5, 0.6) is 5.75 Å². The summed E-state index contributed by atoms with van der Waals surface area (Å²) in [7, 11) is 1.57. The molecule has 2 N–H and O–H groups in total. The van der Waals surface area contributed by atoms with Crippen molar-refractivity contribution >= 4 is 6.03 Å². The van der Waals surface area contributed by atoms with E-state index in [1.54, 1.807) is 19.2 Å². The van der Waals surface area contributed by atoms with Gasteiger partial charge >= 0.3 is 12.2 Å². The second-order valence-electron chi connectivity index (χ2n) is 6.25.